The molecule has 0 aromatic carbocycles. The minimum absolute atomic E-state index is 0.476. The summed E-state index contributed by atoms with van der Waals surface area (Å²) in [6, 6.07) is 0.586. The van der Waals surface area contributed by atoms with Crippen molar-refractivity contribution >= 4 is 0 Å². The van der Waals surface area contributed by atoms with Gasteiger partial charge in [0.05, 0.1) is 0 Å². The van der Waals surface area contributed by atoms with Crippen LogP contribution in [0.5, 0.6) is 0 Å². The molecule has 3 nitrogen and oxygen atoms in total. The van der Waals surface area contributed by atoms with Crippen molar-refractivity contribution in [1.29, 1.82) is 0 Å². The second-order valence-electron chi connectivity index (χ2n) is 7.32. The van der Waals surface area contributed by atoms with Crippen molar-refractivity contribution in [1.82, 2.24) is 10.2 Å². The Morgan fingerprint density at radius 1 is 1.40 bits per heavy atom. The Labute approximate surface area is 126 Å². The van der Waals surface area contributed by atoms with Gasteiger partial charge in [-0.2, -0.15) is 0 Å². The van der Waals surface area contributed by atoms with Crippen LogP contribution in [0.1, 0.15) is 52.9 Å². The first-order valence-corrected chi connectivity index (χ1v) is 8.38. The molecule has 20 heavy (non-hydrogen) atoms. The number of methoxy groups -OCH3 is 1. The summed E-state index contributed by atoms with van der Waals surface area (Å²) in [5, 5.41) is 3.70. The molecule has 120 valence electrons. The largest absolute Gasteiger partial charge is 0.385 e. The number of hydrogen-bond donors (Lipinski definition) is 1. The highest BCUT2D eigenvalue weighted by Gasteiger charge is 2.35. The Hall–Kier alpha value is -0.120. The average molecular weight is 284 g/mol. The zero-order chi connectivity index (χ0) is 15.0. The minimum Gasteiger partial charge on any atom is -0.385 e. The van der Waals surface area contributed by atoms with Crippen LogP contribution in [0.15, 0.2) is 0 Å². The van der Waals surface area contributed by atoms with Crippen molar-refractivity contribution in [3.8, 4) is 0 Å². The van der Waals surface area contributed by atoms with Crippen molar-refractivity contribution in [2.24, 2.45) is 11.3 Å². The molecule has 0 aromatic heterocycles. The summed E-state index contributed by atoms with van der Waals surface area (Å²) >= 11 is 0. The van der Waals surface area contributed by atoms with Crippen LogP contribution in [-0.4, -0.2) is 51.3 Å². The van der Waals surface area contributed by atoms with Crippen LogP contribution in [0.2, 0.25) is 0 Å². The molecule has 0 spiro atoms. The summed E-state index contributed by atoms with van der Waals surface area (Å²) in [6.07, 6.45) is 6.70. The Bertz CT molecular complexity index is 257. The molecule has 0 aliphatic heterocycles. The predicted octanol–water partition coefficient (Wildman–Crippen LogP) is 3.15. The molecule has 0 heterocycles. The number of hydrogen-bond acceptors (Lipinski definition) is 3. The number of ether oxygens (including phenoxy) is 1. The second kappa shape index (κ2) is 9.01. The zero-order valence-corrected chi connectivity index (χ0v) is 14.4. The van der Waals surface area contributed by atoms with E-state index in [-0.39, 0.29) is 0 Å². The highest BCUT2D eigenvalue weighted by atomic mass is 16.5. The fourth-order valence-corrected chi connectivity index (χ4v) is 3.68. The zero-order valence-electron chi connectivity index (χ0n) is 14.4. The third kappa shape index (κ3) is 6.55. The highest BCUT2D eigenvalue weighted by molar-refractivity contribution is 4.89. The van der Waals surface area contributed by atoms with Crippen LogP contribution in [-0.2, 0) is 4.74 Å². The summed E-state index contributed by atoms with van der Waals surface area (Å²) in [7, 11) is 4.06. The van der Waals surface area contributed by atoms with Gasteiger partial charge in [0, 0.05) is 39.4 Å². The maximum absolute atomic E-state index is 5.16. The van der Waals surface area contributed by atoms with Gasteiger partial charge in [0.25, 0.3) is 0 Å². The van der Waals surface area contributed by atoms with E-state index in [0.29, 0.717) is 11.5 Å². The SMILES string of the molecule is COCCCN(C)CC1(CNC(C)C)CCCC(C)C1. The van der Waals surface area contributed by atoms with Crippen LogP contribution in [0.4, 0.5) is 0 Å². The molecule has 2 atom stereocenters. The van der Waals surface area contributed by atoms with Crippen LogP contribution in [0, 0.1) is 11.3 Å². The van der Waals surface area contributed by atoms with Crippen LogP contribution < -0.4 is 5.32 Å². The molecule has 0 radical (unpaired) electrons. The van der Waals surface area contributed by atoms with E-state index in [9.17, 15) is 0 Å². The van der Waals surface area contributed by atoms with Gasteiger partial charge < -0.3 is 15.0 Å². The lowest BCUT2D eigenvalue weighted by Crippen LogP contribution is -2.47. The van der Waals surface area contributed by atoms with E-state index in [1.165, 1.54) is 38.8 Å². The molecule has 0 saturated heterocycles. The predicted molar refractivity (Wildman–Crippen MR) is 87.2 cm³/mol. The van der Waals surface area contributed by atoms with Crippen molar-refractivity contribution in [3.05, 3.63) is 0 Å². The van der Waals surface area contributed by atoms with E-state index in [4.69, 9.17) is 4.74 Å². The van der Waals surface area contributed by atoms with Gasteiger partial charge >= 0.3 is 0 Å². The third-order valence-corrected chi connectivity index (χ3v) is 4.56. The van der Waals surface area contributed by atoms with E-state index in [0.717, 1.165) is 25.5 Å². The molecule has 1 aliphatic carbocycles. The second-order valence-corrected chi connectivity index (χ2v) is 7.32. The standard InChI is InChI=1S/C17H36N2O/c1-15(2)18-13-17(9-6-8-16(3)12-17)14-19(4)10-7-11-20-5/h15-16,18H,6-14H2,1-5H3. The maximum Gasteiger partial charge on any atom is 0.0474 e. The smallest absolute Gasteiger partial charge is 0.0474 e. The minimum atomic E-state index is 0.476. The first kappa shape index (κ1) is 17.9. The Balaban J connectivity index is 2.52. The molecule has 3 heteroatoms. The van der Waals surface area contributed by atoms with Crippen LogP contribution >= 0.6 is 0 Å². The molecule has 1 fully saturated rings. The lowest BCUT2D eigenvalue weighted by atomic mass is 9.69. The topological polar surface area (TPSA) is 24.5 Å². The lowest BCUT2D eigenvalue weighted by Gasteiger charge is -2.43. The Morgan fingerprint density at radius 2 is 2.15 bits per heavy atom. The van der Waals surface area contributed by atoms with Crippen LogP contribution in [0.25, 0.3) is 0 Å². The van der Waals surface area contributed by atoms with Gasteiger partial charge in [0.2, 0.25) is 0 Å². The summed E-state index contributed by atoms with van der Waals surface area (Å²) in [5.41, 5.74) is 0.476. The summed E-state index contributed by atoms with van der Waals surface area (Å²) in [6.45, 7) is 11.3. The molecule has 0 aromatic rings. The molecule has 1 N–H and O–H groups in total. The van der Waals surface area contributed by atoms with Gasteiger partial charge in [-0.25, -0.2) is 0 Å². The third-order valence-electron chi connectivity index (χ3n) is 4.56. The average Bonchev–Trinajstić information content (AvgIpc) is 2.37. The van der Waals surface area contributed by atoms with E-state index < -0.39 is 0 Å². The van der Waals surface area contributed by atoms with Gasteiger partial charge in [-0.1, -0.05) is 33.6 Å². The van der Waals surface area contributed by atoms with Gasteiger partial charge in [-0.3, -0.25) is 0 Å². The molecule has 1 saturated carbocycles. The molecular weight excluding hydrogens is 248 g/mol. The normalized spacial score (nSPS) is 27.4. The molecule has 0 amide bonds. The molecule has 0 bridgehead atoms. The fourth-order valence-electron chi connectivity index (χ4n) is 3.68. The first-order chi connectivity index (χ1) is 9.47. The summed E-state index contributed by atoms with van der Waals surface area (Å²) in [4.78, 5) is 2.51. The Morgan fingerprint density at radius 3 is 2.75 bits per heavy atom. The van der Waals surface area contributed by atoms with E-state index in [1.54, 1.807) is 7.11 Å². The highest BCUT2D eigenvalue weighted by Crippen LogP contribution is 2.39. The van der Waals surface area contributed by atoms with E-state index in [2.05, 4.69) is 38.0 Å². The van der Waals surface area contributed by atoms with Gasteiger partial charge in [-0.05, 0) is 37.6 Å². The summed E-state index contributed by atoms with van der Waals surface area (Å²) in [5.74, 6) is 0.880. The molecule has 1 aliphatic rings. The van der Waals surface area contributed by atoms with Gasteiger partial charge in [-0.15, -0.1) is 0 Å². The number of nitrogens with zero attached hydrogens (tertiary/aromatic N) is 1. The summed E-state index contributed by atoms with van der Waals surface area (Å²) < 4.78 is 5.16. The monoisotopic (exact) mass is 284 g/mol. The first-order valence-electron chi connectivity index (χ1n) is 8.38. The van der Waals surface area contributed by atoms with Gasteiger partial charge in [0.1, 0.15) is 0 Å². The van der Waals surface area contributed by atoms with Crippen molar-refractivity contribution in [2.75, 3.05) is 40.4 Å². The molecule has 1 rings (SSSR count). The van der Waals surface area contributed by atoms with Crippen molar-refractivity contribution in [2.45, 2.75) is 58.9 Å². The Kier molecular flexibility index (Phi) is 8.08. The van der Waals surface area contributed by atoms with Crippen molar-refractivity contribution < 1.29 is 4.74 Å². The van der Waals surface area contributed by atoms with E-state index in [1.807, 2.05) is 0 Å². The van der Waals surface area contributed by atoms with Crippen molar-refractivity contribution in [3.63, 3.8) is 0 Å². The fraction of sp³-hybridized carbons (Fsp3) is 1.00. The van der Waals surface area contributed by atoms with Gasteiger partial charge in [0.15, 0.2) is 0 Å². The molecular formula is C17H36N2O. The van der Waals surface area contributed by atoms with Crippen LogP contribution in [0.3, 0.4) is 0 Å². The quantitative estimate of drug-likeness (QED) is 0.658. The lowest BCUT2D eigenvalue weighted by molar-refractivity contribution is 0.0844. The molecule has 2 unspecified atom stereocenters. The maximum atomic E-state index is 5.16. The van der Waals surface area contributed by atoms with E-state index >= 15 is 0 Å². The number of rotatable bonds is 9. The number of nitrogens with one attached hydrogen (secondary N) is 1.